The molecule has 7 nitrogen and oxygen atoms in total. The van der Waals surface area contributed by atoms with Crippen molar-refractivity contribution in [2.75, 3.05) is 19.6 Å². The van der Waals surface area contributed by atoms with Crippen molar-refractivity contribution in [1.29, 1.82) is 0 Å². The van der Waals surface area contributed by atoms with Gasteiger partial charge in [-0.3, -0.25) is 9.59 Å². The van der Waals surface area contributed by atoms with Crippen LogP contribution in [0.15, 0.2) is 24.3 Å². The summed E-state index contributed by atoms with van der Waals surface area (Å²) in [4.78, 5) is 33.5. The molecule has 8 heteroatoms. The normalized spacial score (nSPS) is 9.95. The number of amides is 2. The fraction of sp³-hybridized carbons (Fsp3) is 0.308. The van der Waals surface area contributed by atoms with Crippen molar-refractivity contribution in [3.63, 3.8) is 0 Å². The second-order valence-electron chi connectivity index (χ2n) is 4.26. The van der Waals surface area contributed by atoms with E-state index in [9.17, 15) is 18.8 Å². The van der Waals surface area contributed by atoms with Gasteiger partial charge in [0.2, 0.25) is 0 Å². The van der Waals surface area contributed by atoms with Crippen molar-refractivity contribution in [2.24, 2.45) is 0 Å². The van der Waals surface area contributed by atoms with E-state index in [0.29, 0.717) is 16.9 Å². The Balaban J connectivity index is 2.49. The maximum absolute atomic E-state index is 12.9. The molecule has 0 aliphatic rings. The van der Waals surface area contributed by atoms with Gasteiger partial charge in [-0.25, -0.2) is 9.18 Å². The van der Waals surface area contributed by atoms with Crippen LogP contribution in [-0.4, -0.2) is 52.7 Å². The van der Waals surface area contributed by atoms with Crippen molar-refractivity contribution in [1.82, 2.24) is 10.2 Å². The molecule has 0 aliphatic carbocycles. The van der Waals surface area contributed by atoms with E-state index in [1.54, 1.807) is 6.07 Å². The highest BCUT2D eigenvalue weighted by atomic mass is 19.1. The average molecular weight is 298 g/mol. The number of hydrogen-bond donors (Lipinski definition) is 3. The quantitative estimate of drug-likeness (QED) is 0.681. The van der Waals surface area contributed by atoms with Crippen LogP contribution in [0.4, 0.5) is 9.18 Å². The van der Waals surface area contributed by atoms with E-state index in [2.05, 4.69) is 5.32 Å². The Bertz CT molecular complexity index is 519. The molecule has 0 aromatic heterocycles. The second-order valence-corrected chi connectivity index (χ2v) is 4.26. The topological polar surface area (TPSA) is 107 Å². The molecule has 2 amide bonds. The summed E-state index contributed by atoms with van der Waals surface area (Å²) in [6, 6.07) is 5.04. The minimum Gasteiger partial charge on any atom is -0.480 e. The van der Waals surface area contributed by atoms with Crippen molar-refractivity contribution in [3.8, 4) is 0 Å². The van der Waals surface area contributed by atoms with Gasteiger partial charge < -0.3 is 20.4 Å². The summed E-state index contributed by atoms with van der Waals surface area (Å²) in [5, 5.41) is 19.6. The first-order chi connectivity index (χ1) is 9.88. The molecule has 0 saturated carbocycles. The summed E-state index contributed by atoms with van der Waals surface area (Å²) in [7, 11) is 0. The van der Waals surface area contributed by atoms with Crippen LogP contribution in [0.1, 0.15) is 5.56 Å². The molecule has 0 radical (unpaired) electrons. The number of halogens is 1. The van der Waals surface area contributed by atoms with Crippen LogP contribution in [0.2, 0.25) is 0 Å². The highest BCUT2D eigenvalue weighted by Crippen LogP contribution is 2.03. The van der Waals surface area contributed by atoms with Crippen LogP contribution < -0.4 is 5.32 Å². The molecule has 1 rings (SSSR count). The molecule has 1 aromatic carbocycles. The Morgan fingerprint density at radius 1 is 1.14 bits per heavy atom. The van der Waals surface area contributed by atoms with Crippen LogP contribution in [0.25, 0.3) is 0 Å². The number of nitrogens with zero attached hydrogens (tertiary/aromatic N) is 1. The van der Waals surface area contributed by atoms with E-state index in [4.69, 9.17) is 10.2 Å². The van der Waals surface area contributed by atoms with Crippen LogP contribution >= 0.6 is 0 Å². The smallest absolute Gasteiger partial charge is 0.323 e. The lowest BCUT2D eigenvalue weighted by Gasteiger charge is -2.19. The number of carbonyl (C=O) groups is 3. The van der Waals surface area contributed by atoms with Gasteiger partial charge in [-0.05, 0) is 24.1 Å². The molecule has 0 atom stereocenters. The molecular weight excluding hydrogens is 283 g/mol. The number of nitrogens with one attached hydrogen (secondary N) is 1. The van der Waals surface area contributed by atoms with E-state index < -0.39 is 36.9 Å². The third-order valence-electron chi connectivity index (χ3n) is 2.52. The number of benzene rings is 1. The summed E-state index contributed by atoms with van der Waals surface area (Å²) in [5.41, 5.74) is 0.665. The van der Waals surface area contributed by atoms with Crippen LogP contribution in [0.3, 0.4) is 0 Å². The largest absolute Gasteiger partial charge is 0.480 e. The van der Waals surface area contributed by atoms with Gasteiger partial charge in [0.15, 0.2) is 0 Å². The van der Waals surface area contributed by atoms with Crippen molar-refractivity contribution < 1.29 is 29.0 Å². The number of hydrogen-bond acceptors (Lipinski definition) is 3. The number of carbonyl (C=O) groups excluding carboxylic acids is 1. The zero-order valence-corrected chi connectivity index (χ0v) is 11.1. The van der Waals surface area contributed by atoms with Gasteiger partial charge in [0.25, 0.3) is 0 Å². The van der Waals surface area contributed by atoms with Crippen molar-refractivity contribution in [3.05, 3.63) is 35.6 Å². The Hall–Kier alpha value is -2.64. The van der Waals surface area contributed by atoms with Gasteiger partial charge in [-0.2, -0.15) is 0 Å². The lowest BCUT2D eigenvalue weighted by molar-refractivity contribution is -0.140. The Morgan fingerprint density at radius 2 is 1.76 bits per heavy atom. The molecule has 21 heavy (non-hydrogen) atoms. The van der Waals surface area contributed by atoms with Crippen molar-refractivity contribution in [2.45, 2.75) is 6.42 Å². The molecule has 114 valence electrons. The molecule has 0 fully saturated rings. The predicted molar refractivity (Wildman–Crippen MR) is 70.3 cm³/mol. The number of urea groups is 1. The summed E-state index contributed by atoms with van der Waals surface area (Å²) in [5.74, 6) is -3.01. The molecule has 0 aliphatic heterocycles. The minimum absolute atomic E-state index is 0.137. The van der Waals surface area contributed by atoms with Crippen LogP contribution in [0.5, 0.6) is 0 Å². The molecule has 0 bridgehead atoms. The van der Waals surface area contributed by atoms with Gasteiger partial charge in [-0.1, -0.05) is 12.1 Å². The Kier molecular flexibility index (Phi) is 6.12. The van der Waals surface area contributed by atoms with Gasteiger partial charge in [0.1, 0.15) is 18.9 Å². The molecule has 3 N–H and O–H groups in total. The van der Waals surface area contributed by atoms with Gasteiger partial charge in [-0.15, -0.1) is 0 Å². The first kappa shape index (κ1) is 16.4. The van der Waals surface area contributed by atoms with Gasteiger partial charge >= 0.3 is 18.0 Å². The SMILES string of the molecule is O=C(O)CN(CC(=O)O)C(=O)NCCc1cccc(F)c1. The summed E-state index contributed by atoms with van der Waals surface area (Å²) in [6.07, 6.45) is 0.345. The number of carboxylic acids is 2. The summed E-state index contributed by atoms with van der Waals surface area (Å²) in [6.45, 7) is -1.28. The monoisotopic (exact) mass is 298 g/mol. The van der Waals surface area contributed by atoms with Crippen LogP contribution in [-0.2, 0) is 16.0 Å². The highest BCUT2D eigenvalue weighted by Gasteiger charge is 2.19. The molecular formula is C13H15FN2O5. The fourth-order valence-corrected chi connectivity index (χ4v) is 1.64. The zero-order valence-electron chi connectivity index (χ0n) is 11.1. The molecule has 1 aromatic rings. The van der Waals surface area contributed by atoms with Crippen molar-refractivity contribution >= 4 is 18.0 Å². The first-order valence-electron chi connectivity index (χ1n) is 6.09. The molecule has 0 spiro atoms. The zero-order chi connectivity index (χ0) is 15.8. The molecule has 0 unspecified atom stereocenters. The highest BCUT2D eigenvalue weighted by molar-refractivity contribution is 5.84. The van der Waals surface area contributed by atoms with E-state index in [0.717, 1.165) is 0 Å². The van der Waals surface area contributed by atoms with Crippen LogP contribution in [0, 0.1) is 5.82 Å². The van der Waals surface area contributed by atoms with Gasteiger partial charge in [0, 0.05) is 6.54 Å². The number of carboxylic acid groups (broad SMARTS) is 2. The predicted octanol–water partition coefficient (Wildman–Crippen LogP) is 0.549. The fourth-order valence-electron chi connectivity index (χ4n) is 1.64. The summed E-state index contributed by atoms with van der Waals surface area (Å²) >= 11 is 0. The average Bonchev–Trinajstić information content (AvgIpc) is 2.36. The van der Waals surface area contributed by atoms with E-state index in [-0.39, 0.29) is 6.54 Å². The third-order valence-corrected chi connectivity index (χ3v) is 2.52. The number of aliphatic carboxylic acids is 2. The first-order valence-corrected chi connectivity index (χ1v) is 6.09. The number of rotatable bonds is 7. The maximum atomic E-state index is 12.9. The Morgan fingerprint density at radius 3 is 2.29 bits per heavy atom. The van der Waals surface area contributed by atoms with Gasteiger partial charge in [0.05, 0.1) is 0 Å². The second kappa shape index (κ2) is 7.83. The lowest BCUT2D eigenvalue weighted by atomic mass is 10.1. The van der Waals surface area contributed by atoms with E-state index >= 15 is 0 Å². The van der Waals surface area contributed by atoms with E-state index in [1.807, 2.05) is 0 Å². The van der Waals surface area contributed by atoms with E-state index in [1.165, 1.54) is 18.2 Å². The molecule has 0 heterocycles. The minimum atomic E-state index is -1.31. The summed E-state index contributed by atoms with van der Waals surface area (Å²) < 4.78 is 12.9. The lowest BCUT2D eigenvalue weighted by Crippen LogP contribution is -2.45. The standard InChI is InChI=1S/C13H15FN2O5/c14-10-3-1-2-9(6-10)4-5-15-13(21)16(7-11(17)18)8-12(19)20/h1-3,6H,4-5,7-8H2,(H,15,21)(H,17,18)(H,19,20). The Labute approximate surface area is 120 Å². The third kappa shape index (κ3) is 6.37. The molecule has 0 saturated heterocycles. The maximum Gasteiger partial charge on any atom is 0.323 e.